The minimum absolute atomic E-state index is 0.250. The van der Waals surface area contributed by atoms with E-state index in [4.69, 9.17) is 9.90 Å². The van der Waals surface area contributed by atoms with E-state index in [9.17, 15) is 0 Å². The Bertz CT molecular complexity index is 412. The van der Waals surface area contributed by atoms with Gasteiger partial charge >= 0.3 is 0 Å². The van der Waals surface area contributed by atoms with Crippen LogP contribution in [0.25, 0.3) is 11.4 Å². The molecule has 0 fully saturated rings. The maximum Gasteiger partial charge on any atom is 0.290 e. The summed E-state index contributed by atoms with van der Waals surface area (Å²) in [7, 11) is 0. The molecule has 0 bridgehead atoms. The summed E-state index contributed by atoms with van der Waals surface area (Å²) < 4.78 is 0. The number of rotatable bonds is 1. The predicted molar refractivity (Wildman–Crippen MR) is 55.2 cm³/mol. The molecule has 5 heteroatoms. The lowest BCUT2D eigenvalue weighted by atomic mass is 10.2. The first kappa shape index (κ1) is 10.9. The molecule has 15 heavy (non-hydrogen) atoms. The summed E-state index contributed by atoms with van der Waals surface area (Å²) in [4.78, 5) is 19.8. The minimum atomic E-state index is -0.250. The third-order valence-corrected chi connectivity index (χ3v) is 1.73. The van der Waals surface area contributed by atoms with Gasteiger partial charge in [0.05, 0.1) is 11.4 Å². The van der Waals surface area contributed by atoms with Gasteiger partial charge < -0.3 is 10.1 Å². The van der Waals surface area contributed by atoms with Crippen molar-refractivity contribution in [1.82, 2.24) is 15.0 Å². The van der Waals surface area contributed by atoms with Gasteiger partial charge in [0, 0.05) is 18.6 Å². The first-order chi connectivity index (χ1) is 7.29. The molecule has 0 aliphatic rings. The summed E-state index contributed by atoms with van der Waals surface area (Å²) in [6.07, 6.45) is 5.27. The number of carbonyl (C=O) groups is 1. The number of nitrogens with zero attached hydrogens (tertiary/aromatic N) is 2. The van der Waals surface area contributed by atoms with Crippen molar-refractivity contribution in [2.75, 3.05) is 0 Å². The highest BCUT2D eigenvalue weighted by Gasteiger charge is 2.02. The van der Waals surface area contributed by atoms with Crippen LogP contribution in [0.2, 0.25) is 0 Å². The number of hydrogen-bond acceptors (Lipinski definition) is 3. The first-order valence-corrected chi connectivity index (χ1v) is 4.28. The van der Waals surface area contributed by atoms with E-state index in [0.29, 0.717) is 0 Å². The lowest BCUT2D eigenvalue weighted by molar-refractivity contribution is -0.122. The van der Waals surface area contributed by atoms with E-state index in [0.717, 1.165) is 17.1 Å². The number of aromatic amines is 1. The summed E-state index contributed by atoms with van der Waals surface area (Å²) in [5.41, 5.74) is 2.88. The van der Waals surface area contributed by atoms with Crippen LogP contribution in [0.3, 0.4) is 0 Å². The number of aryl methyl sites for hydroxylation is 1. The summed E-state index contributed by atoms with van der Waals surface area (Å²) in [6, 6.07) is 3.93. The standard InChI is InChI=1S/C9H9N3.CH2O2/c1-7-9(12-6-5-10-7)8-3-2-4-11-8;2-1-3/h2-6,11H,1H3;1H,(H,2,3). The molecule has 0 atom stereocenters. The Labute approximate surface area is 86.8 Å². The van der Waals surface area contributed by atoms with Gasteiger partial charge in [0.25, 0.3) is 6.47 Å². The minimum Gasteiger partial charge on any atom is -0.483 e. The van der Waals surface area contributed by atoms with Gasteiger partial charge in [-0.05, 0) is 19.1 Å². The summed E-state index contributed by atoms with van der Waals surface area (Å²) in [5, 5.41) is 6.89. The Morgan fingerprint density at radius 3 is 2.60 bits per heavy atom. The maximum absolute atomic E-state index is 8.36. The molecule has 0 saturated heterocycles. The van der Waals surface area contributed by atoms with Crippen LogP contribution in [0.15, 0.2) is 30.7 Å². The van der Waals surface area contributed by atoms with Crippen molar-refractivity contribution in [2.45, 2.75) is 6.92 Å². The smallest absolute Gasteiger partial charge is 0.290 e. The monoisotopic (exact) mass is 205 g/mol. The molecule has 2 aromatic heterocycles. The molecule has 2 N–H and O–H groups in total. The van der Waals surface area contributed by atoms with Gasteiger partial charge in [0.15, 0.2) is 0 Å². The highest BCUT2D eigenvalue weighted by Crippen LogP contribution is 2.15. The molecule has 0 amide bonds. The van der Waals surface area contributed by atoms with E-state index in [-0.39, 0.29) is 6.47 Å². The molecule has 78 valence electrons. The van der Waals surface area contributed by atoms with E-state index < -0.39 is 0 Å². The Hall–Kier alpha value is -2.17. The normalized spacial score (nSPS) is 8.87. The number of carboxylic acid groups (broad SMARTS) is 1. The second-order valence-electron chi connectivity index (χ2n) is 2.68. The van der Waals surface area contributed by atoms with Gasteiger partial charge in [0.2, 0.25) is 0 Å². The lowest BCUT2D eigenvalue weighted by Gasteiger charge is -1.98. The van der Waals surface area contributed by atoms with Gasteiger partial charge in [-0.15, -0.1) is 0 Å². The van der Waals surface area contributed by atoms with Gasteiger partial charge in [-0.2, -0.15) is 0 Å². The quantitative estimate of drug-likeness (QED) is 0.691. The molecule has 0 unspecified atom stereocenters. The summed E-state index contributed by atoms with van der Waals surface area (Å²) >= 11 is 0. The maximum atomic E-state index is 8.36. The molecular weight excluding hydrogens is 194 g/mol. The Balaban J connectivity index is 0.000000337. The predicted octanol–water partition coefficient (Wildman–Crippen LogP) is 1.48. The highest BCUT2D eigenvalue weighted by atomic mass is 16.3. The first-order valence-electron chi connectivity index (χ1n) is 4.28. The number of aromatic nitrogens is 3. The van der Waals surface area contributed by atoms with Crippen LogP contribution in [0.5, 0.6) is 0 Å². The zero-order valence-electron chi connectivity index (χ0n) is 8.21. The van der Waals surface area contributed by atoms with Crippen molar-refractivity contribution < 1.29 is 9.90 Å². The fourth-order valence-electron chi connectivity index (χ4n) is 1.15. The summed E-state index contributed by atoms with van der Waals surface area (Å²) in [6.45, 7) is 1.70. The van der Waals surface area contributed by atoms with Crippen LogP contribution in [-0.4, -0.2) is 26.5 Å². The molecule has 0 aliphatic heterocycles. The van der Waals surface area contributed by atoms with Gasteiger partial charge in [-0.1, -0.05) is 0 Å². The number of H-pyrrole nitrogens is 1. The van der Waals surface area contributed by atoms with E-state index in [2.05, 4.69) is 15.0 Å². The zero-order valence-corrected chi connectivity index (χ0v) is 8.21. The molecule has 0 spiro atoms. The van der Waals surface area contributed by atoms with Crippen molar-refractivity contribution in [3.8, 4) is 11.4 Å². The Morgan fingerprint density at radius 2 is 2.07 bits per heavy atom. The second-order valence-corrected chi connectivity index (χ2v) is 2.68. The van der Waals surface area contributed by atoms with Crippen molar-refractivity contribution in [3.05, 3.63) is 36.4 Å². The van der Waals surface area contributed by atoms with Crippen LogP contribution >= 0.6 is 0 Å². The van der Waals surface area contributed by atoms with Gasteiger partial charge in [-0.3, -0.25) is 14.8 Å². The highest BCUT2D eigenvalue weighted by molar-refractivity contribution is 5.56. The van der Waals surface area contributed by atoms with Crippen LogP contribution in [0.4, 0.5) is 0 Å². The van der Waals surface area contributed by atoms with Crippen molar-refractivity contribution in [3.63, 3.8) is 0 Å². The molecule has 0 saturated carbocycles. The molecule has 5 nitrogen and oxygen atoms in total. The van der Waals surface area contributed by atoms with E-state index in [1.54, 1.807) is 12.4 Å². The topological polar surface area (TPSA) is 78.9 Å². The van der Waals surface area contributed by atoms with Crippen LogP contribution in [-0.2, 0) is 4.79 Å². The average Bonchev–Trinajstić information content (AvgIpc) is 2.72. The molecule has 2 aromatic rings. The SMILES string of the molecule is Cc1nccnc1-c1ccc[nH]1.O=CO. The average molecular weight is 205 g/mol. The summed E-state index contributed by atoms with van der Waals surface area (Å²) in [5.74, 6) is 0. The Kier molecular flexibility index (Phi) is 4.03. The van der Waals surface area contributed by atoms with Gasteiger partial charge in [0.1, 0.15) is 5.69 Å². The Morgan fingerprint density at radius 1 is 1.40 bits per heavy atom. The van der Waals surface area contributed by atoms with E-state index >= 15 is 0 Å². The zero-order chi connectivity index (χ0) is 11.1. The van der Waals surface area contributed by atoms with E-state index in [1.807, 2.05) is 25.3 Å². The molecule has 2 heterocycles. The van der Waals surface area contributed by atoms with Crippen molar-refractivity contribution in [1.29, 1.82) is 0 Å². The molecule has 2 rings (SSSR count). The fourth-order valence-corrected chi connectivity index (χ4v) is 1.15. The molecule has 0 radical (unpaired) electrons. The largest absolute Gasteiger partial charge is 0.483 e. The van der Waals surface area contributed by atoms with Crippen LogP contribution < -0.4 is 0 Å². The molecule has 0 aliphatic carbocycles. The van der Waals surface area contributed by atoms with Crippen LogP contribution in [0, 0.1) is 6.92 Å². The lowest BCUT2D eigenvalue weighted by Crippen LogP contribution is -1.90. The number of nitrogens with one attached hydrogen (secondary N) is 1. The van der Waals surface area contributed by atoms with Crippen molar-refractivity contribution >= 4 is 6.47 Å². The van der Waals surface area contributed by atoms with Crippen molar-refractivity contribution in [2.24, 2.45) is 0 Å². The van der Waals surface area contributed by atoms with Gasteiger partial charge in [-0.25, -0.2) is 0 Å². The fraction of sp³-hybridized carbons (Fsp3) is 0.100. The van der Waals surface area contributed by atoms with Crippen LogP contribution in [0.1, 0.15) is 5.69 Å². The third kappa shape index (κ3) is 2.91. The molecule has 0 aromatic carbocycles. The van der Waals surface area contributed by atoms with E-state index in [1.165, 1.54) is 0 Å². The second kappa shape index (κ2) is 5.54. The third-order valence-electron chi connectivity index (χ3n) is 1.73. The number of hydrogen-bond donors (Lipinski definition) is 2. The molecular formula is C10H11N3O2.